The molecule has 0 unspecified atom stereocenters. The Bertz CT molecular complexity index is 1090. The molecule has 1 N–H and O–H groups in total. The van der Waals surface area contributed by atoms with Crippen LogP contribution in [0.2, 0.25) is 0 Å². The van der Waals surface area contributed by atoms with Crippen molar-refractivity contribution in [1.29, 1.82) is 0 Å². The van der Waals surface area contributed by atoms with Crippen molar-refractivity contribution in [2.45, 2.75) is 19.5 Å². The van der Waals surface area contributed by atoms with Crippen molar-refractivity contribution in [3.05, 3.63) is 83.4 Å². The summed E-state index contributed by atoms with van der Waals surface area (Å²) in [6.45, 7) is 1.32. The third-order valence-electron chi connectivity index (χ3n) is 5.17. The van der Waals surface area contributed by atoms with Crippen LogP contribution in [-0.4, -0.2) is 45.8 Å². The van der Waals surface area contributed by atoms with E-state index in [1.807, 2.05) is 10.8 Å². The minimum absolute atomic E-state index is 0.0806. The number of benzene rings is 2. The maximum Gasteiger partial charge on any atom is 0.261 e. The van der Waals surface area contributed by atoms with Crippen LogP contribution < -0.4 is 10.1 Å². The lowest BCUT2D eigenvalue weighted by molar-refractivity contribution is 0.0642. The number of imide groups is 1. The van der Waals surface area contributed by atoms with Crippen LogP contribution in [0.25, 0.3) is 0 Å². The summed E-state index contributed by atoms with van der Waals surface area (Å²) in [7, 11) is 1.50. The molecule has 3 amide bonds. The fourth-order valence-corrected chi connectivity index (χ4v) is 3.57. The van der Waals surface area contributed by atoms with Crippen LogP contribution in [-0.2, 0) is 13.1 Å². The molecule has 0 atom stereocenters. The normalized spacial score (nSPS) is 12.7. The molecule has 0 fully saturated rings. The summed E-state index contributed by atoms with van der Waals surface area (Å²) < 4.78 is 7.27. The maximum absolute atomic E-state index is 12.7. The first-order valence-corrected chi connectivity index (χ1v) is 9.94. The number of fused-ring (bicyclic) bond motifs is 1. The van der Waals surface area contributed by atoms with Crippen molar-refractivity contribution in [1.82, 2.24) is 19.8 Å². The lowest BCUT2D eigenvalue weighted by Gasteiger charge is -2.16. The van der Waals surface area contributed by atoms with E-state index in [2.05, 4.69) is 10.3 Å². The highest BCUT2D eigenvalue weighted by molar-refractivity contribution is 6.21. The first-order chi connectivity index (χ1) is 15.1. The number of rotatable bonds is 8. The molecule has 1 aliphatic rings. The highest BCUT2D eigenvalue weighted by Crippen LogP contribution is 2.26. The molecule has 0 spiro atoms. The number of methoxy groups -OCH3 is 1. The SMILES string of the molecule is COc1ccc(CN2C(=O)c3ccccc3C2=O)cc1C(=O)NCCCn1ccnc1. The van der Waals surface area contributed by atoms with E-state index in [4.69, 9.17) is 4.74 Å². The molecule has 4 rings (SSSR count). The maximum atomic E-state index is 12.7. The predicted molar refractivity (Wildman–Crippen MR) is 113 cm³/mol. The Morgan fingerprint density at radius 3 is 2.48 bits per heavy atom. The fraction of sp³-hybridized carbons (Fsp3) is 0.217. The molecule has 0 saturated carbocycles. The van der Waals surface area contributed by atoms with E-state index in [9.17, 15) is 14.4 Å². The van der Waals surface area contributed by atoms with Gasteiger partial charge < -0.3 is 14.6 Å². The van der Waals surface area contributed by atoms with Crippen LogP contribution >= 0.6 is 0 Å². The van der Waals surface area contributed by atoms with Crippen molar-refractivity contribution in [2.75, 3.05) is 13.7 Å². The van der Waals surface area contributed by atoms with Gasteiger partial charge in [-0.1, -0.05) is 18.2 Å². The van der Waals surface area contributed by atoms with Crippen LogP contribution in [0, 0.1) is 0 Å². The Labute approximate surface area is 179 Å². The monoisotopic (exact) mass is 418 g/mol. The molecule has 31 heavy (non-hydrogen) atoms. The number of nitrogens with one attached hydrogen (secondary N) is 1. The molecule has 8 heteroatoms. The van der Waals surface area contributed by atoms with E-state index in [0.29, 0.717) is 34.5 Å². The summed E-state index contributed by atoms with van der Waals surface area (Å²) in [5, 5.41) is 2.89. The first kappa shape index (κ1) is 20.3. The molecule has 1 aliphatic heterocycles. The molecule has 2 heterocycles. The Morgan fingerprint density at radius 2 is 1.84 bits per heavy atom. The molecule has 3 aromatic rings. The number of amides is 3. The van der Waals surface area contributed by atoms with Gasteiger partial charge >= 0.3 is 0 Å². The number of carbonyl (C=O) groups excluding carboxylic acids is 3. The molecule has 0 saturated heterocycles. The standard InChI is InChI=1S/C23H22N4O4/c1-31-20-8-7-16(14-27-22(29)17-5-2-3-6-18(17)23(27)30)13-19(20)21(28)25-9-4-11-26-12-10-24-15-26/h2-3,5-8,10,12-13,15H,4,9,11,14H2,1H3,(H,25,28). The Morgan fingerprint density at radius 1 is 1.10 bits per heavy atom. The Kier molecular flexibility index (Phi) is 5.79. The van der Waals surface area contributed by atoms with Crippen LogP contribution in [0.15, 0.2) is 61.2 Å². The lowest BCUT2D eigenvalue weighted by Crippen LogP contribution is -2.29. The minimum atomic E-state index is -0.332. The summed E-state index contributed by atoms with van der Waals surface area (Å²) in [5.74, 6) is -0.506. The Hall–Kier alpha value is -3.94. The summed E-state index contributed by atoms with van der Waals surface area (Å²) >= 11 is 0. The second-order valence-corrected chi connectivity index (χ2v) is 7.19. The summed E-state index contributed by atoms with van der Waals surface area (Å²) in [6, 6.07) is 11.8. The van der Waals surface area contributed by atoms with E-state index in [-0.39, 0.29) is 24.3 Å². The van der Waals surface area contributed by atoms with Gasteiger partial charge in [0.05, 0.1) is 36.7 Å². The van der Waals surface area contributed by atoms with Crippen molar-refractivity contribution in [2.24, 2.45) is 0 Å². The number of aryl methyl sites for hydroxylation is 1. The third-order valence-corrected chi connectivity index (χ3v) is 5.17. The van der Waals surface area contributed by atoms with E-state index in [0.717, 1.165) is 13.0 Å². The Balaban J connectivity index is 1.44. The van der Waals surface area contributed by atoms with Crippen molar-refractivity contribution in [3.63, 3.8) is 0 Å². The van der Waals surface area contributed by atoms with Gasteiger partial charge in [-0.05, 0) is 36.2 Å². The molecule has 0 aliphatic carbocycles. The number of hydrogen-bond donors (Lipinski definition) is 1. The highest BCUT2D eigenvalue weighted by Gasteiger charge is 2.35. The highest BCUT2D eigenvalue weighted by atomic mass is 16.5. The molecular formula is C23H22N4O4. The fourth-order valence-electron chi connectivity index (χ4n) is 3.57. The average molecular weight is 418 g/mol. The predicted octanol–water partition coefficient (Wildman–Crippen LogP) is 2.51. The smallest absolute Gasteiger partial charge is 0.261 e. The topological polar surface area (TPSA) is 93.5 Å². The zero-order valence-electron chi connectivity index (χ0n) is 17.1. The molecule has 0 radical (unpaired) electrons. The number of carbonyl (C=O) groups is 3. The number of imidazole rings is 1. The minimum Gasteiger partial charge on any atom is -0.496 e. The quantitative estimate of drug-likeness (QED) is 0.448. The number of nitrogens with zero attached hydrogens (tertiary/aromatic N) is 3. The van der Waals surface area contributed by atoms with Gasteiger partial charge in [0.25, 0.3) is 17.7 Å². The molecular weight excluding hydrogens is 396 g/mol. The molecule has 1 aromatic heterocycles. The van der Waals surface area contributed by atoms with Gasteiger partial charge in [-0.15, -0.1) is 0 Å². The van der Waals surface area contributed by atoms with Crippen LogP contribution in [0.4, 0.5) is 0 Å². The van der Waals surface area contributed by atoms with Gasteiger partial charge in [-0.3, -0.25) is 19.3 Å². The third kappa shape index (κ3) is 4.18. The number of hydrogen-bond acceptors (Lipinski definition) is 5. The summed E-state index contributed by atoms with van der Waals surface area (Å²) in [4.78, 5) is 43.1. The largest absolute Gasteiger partial charge is 0.496 e. The van der Waals surface area contributed by atoms with E-state index in [1.54, 1.807) is 55.0 Å². The van der Waals surface area contributed by atoms with Crippen LogP contribution in [0.1, 0.15) is 43.1 Å². The second-order valence-electron chi connectivity index (χ2n) is 7.19. The molecule has 8 nitrogen and oxygen atoms in total. The molecule has 0 bridgehead atoms. The van der Waals surface area contributed by atoms with Gasteiger partial charge in [-0.2, -0.15) is 0 Å². The summed E-state index contributed by atoms with van der Waals surface area (Å²) in [5.41, 5.74) is 1.83. The first-order valence-electron chi connectivity index (χ1n) is 9.94. The molecule has 158 valence electrons. The van der Waals surface area contributed by atoms with Gasteiger partial charge in [0.1, 0.15) is 5.75 Å². The number of aromatic nitrogens is 2. The van der Waals surface area contributed by atoms with Crippen molar-refractivity contribution < 1.29 is 19.1 Å². The van der Waals surface area contributed by atoms with Gasteiger partial charge in [0.2, 0.25) is 0 Å². The van der Waals surface area contributed by atoms with Gasteiger partial charge in [0, 0.05) is 25.5 Å². The second kappa shape index (κ2) is 8.83. The van der Waals surface area contributed by atoms with Crippen molar-refractivity contribution >= 4 is 17.7 Å². The van der Waals surface area contributed by atoms with Crippen LogP contribution in [0.3, 0.4) is 0 Å². The zero-order chi connectivity index (χ0) is 21.8. The summed E-state index contributed by atoms with van der Waals surface area (Å²) in [6.07, 6.45) is 6.06. The lowest BCUT2D eigenvalue weighted by atomic mass is 10.1. The zero-order valence-corrected chi connectivity index (χ0v) is 17.1. The average Bonchev–Trinajstić information content (AvgIpc) is 3.40. The van der Waals surface area contributed by atoms with E-state index >= 15 is 0 Å². The van der Waals surface area contributed by atoms with Crippen molar-refractivity contribution in [3.8, 4) is 5.75 Å². The van der Waals surface area contributed by atoms with Gasteiger partial charge in [-0.25, -0.2) is 4.98 Å². The van der Waals surface area contributed by atoms with Crippen LogP contribution in [0.5, 0.6) is 5.75 Å². The van der Waals surface area contributed by atoms with E-state index in [1.165, 1.54) is 12.0 Å². The van der Waals surface area contributed by atoms with Gasteiger partial charge in [0.15, 0.2) is 0 Å². The molecule has 2 aromatic carbocycles. The van der Waals surface area contributed by atoms with E-state index < -0.39 is 0 Å². The number of ether oxygens (including phenoxy) is 1.